The Morgan fingerprint density at radius 2 is 2.14 bits per heavy atom. The molecule has 1 saturated heterocycles. The summed E-state index contributed by atoms with van der Waals surface area (Å²) in [7, 11) is 1.37. The molecule has 4 atom stereocenters. The molecular formula is C13H17N5O4. The minimum Gasteiger partial charge on any atom is -0.481 e. The minimum absolute atomic E-state index is 0.105. The second-order valence-corrected chi connectivity index (χ2v) is 5.15. The second-order valence-electron chi connectivity index (χ2n) is 5.15. The smallest absolute Gasteiger partial charge is 0.215 e. The second kappa shape index (κ2) is 5.20. The Morgan fingerprint density at radius 1 is 1.41 bits per heavy atom. The van der Waals surface area contributed by atoms with E-state index >= 15 is 0 Å². The van der Waals surface area contributed by atoms with Crippen LogP contribution in [0.4, 0.5) is 5.82 Å². The van der Waals surface area contributed by atoms with Crippen molar-refractivity contribution in [1.29, 1.82) is 5.41 Å². The van der Waals surface area contributed by atoms with E-state index in [0.717, 1.165) is 0 Å². The van der Waals surface area contributed by atoms with Crippen LogP contribution in [0.2, 0.25) is 0 Å². The van der Waals surface area contributed by atoms with Crippen LogP contribution < -0.4 is 5.73 Å². The van der Waals surface area contributed by atoms with Gasteiger partial charge in [-0.05, 0) is 6.92 Å². The van der Waals surface area contributed by atoms with Crippen LogP contribution in [-0.2, 0) is 9.47 Å². The van der Waals surface area contributed by atoms with Crippen LogP contribution in [0.15, 0.2) is 12.5 Å². The lowest BCUT2D eigenvalue weighted by molar-refractivity contribution is -0.0296. The van der Waals surface area contributed by atoms with Gasteiger partial charge in [-0.25, -0.2) is 9.97 Å². The predicted octanol–water partition coefficient (Wildman–Crippen LogP) is -0.376. The SMILES string of the molecule is COC(=N)c1cn([C@@H]2O[C@H](C)[C@@H](O)[C@H]2O)c2ncnc(N)c12. The van der Waals surface area contributed by atoms with E-state index in [4.69, 9.17) is 20.6 Å². The third-order valence-electron chi connectivity index (χ3n) is 3.84. The Balaban J connectivity index is 2.19. The lowest BCUT2D eigenvalue weighted by atomic mass is 10.1. The molecule has 0 amide bonds. The zero-order valence-corrected chi connectivity index (χ0v) is 12.1. The first-order valence-electron chi connectivity index (χ1n) is 6.71. The molecule has 0 saturated carbocycles. The molecule has 9 nitrogen and oxygen atoms in total. The molecule has 1 aliphatic heterocycles. The highest BCUT2D eigenvalue weighted by atomic mass is 16.6. The van der Waals surface area contributed by atoms with Gasteiger partial charge in [-0.15, -0.1) is 0 Å². The number of ether oxygens (including phenoxy) is 2. The van der Waals surface area contributed by atoms with Crippen molar-refractivity contribution in [3.63, 3.8) is 0 Å². The van der Waals surface area contributed by atoms with Crippen LogP contribution in [0, 0.1) is 5.41 Å². The Labute approximate surface area is 125 Å². The summed E-state index contributed by atoms with van der Waals surface area (Å²) in [5, 5.41) is 28.3. The summed E-state index contributed by atoms with van der Waals surface area (Å²) in [6.07, 6.45) is -0.643. The van der Waals surface area contributed by atoms with Gasteiger partial charge >= 0.3 is 0 Å². The maximum atomic E-state index is 10.2. The van der Waals surface area contributed by atoms with Crippen molar-refractivity contribution in [1.82, 2.24) is 14.5 Å². The lowest BCUT2D eigenvalue weighted by Crippen LogP contribution is -2.30. The number of aromatic nitrogens is 3. The minimum atomic E-state index is -1.12. The highest BCUT2D eigenvalue weighted by molar-refractivity contribution is 6.08. The molecule has 118 valence electrons. The summed E-state index contributed by atoms with van der Waals surface area (Å²) in [4.78, 5) is 8.08. The summed E-state index contributed by atoms with van der Waals surface area (Å²) in [6.45, 7) is 1.67. The van der Waals surface area contributed by atoms with E-state index in [-0.39, 0.29) is 11.7 Å². The monoisotopic (exact) mass is 307 g/mol. The van der Waals surface area contributed by atoms with Gasteiger partial charge in [0.2, 0.25) is 5.90 Å². The fourth-order valence-corrected chi connectivity index (χ4v) is 2.64. The standard InChI is InChI=1S/C13H17N5O4/c1-5-8(19)9(20)13(22-5)18-3-6(11(15)21-2)7-10(14)16-4-17-12(7)18/h3-5,8-9,13,15,19-20H,1-2H3,(H2,14,16,17)/t5-,8-,9-,13-/m1/s1. The topological polar surface area (TPSA) is 140 Å². The van der Waals surface area contributed by atoms with E-state index in [1.54, 1.807) is 13.1 Å². The number of nitrogens with two attached hydrogens (primary N) is 1. The molecule has 3 rings (SSSR count). The average Bonchev–Trinajstić information content (AvgIpc) is 3.01. The predicted molar refractivity (Wildman–Crippen MR) is 77.4 cm³/mol. The number of fused-ring (bicyclic) bond motifs is 1. The number of aliphatic hydroxyl groups excluding tert-OH is 2. The van der Waals surface area contributed by atoms with Gasteiger partial charge in [0.25, 0.3) is 0 Å². The molecule has 0 unspecified atom stereocenters. The molecule has 22 heavy (non-hydrogen) atoms. The molecular weight excluding hydrogens is 290 g/mol. The number of hydrogen-bond acceptors (Lipinski definition) is 8. The molecule has 0 bridgehead atoms. The molecule has 2 aromatic heterocycles. The van der Waals surface area contributed by atoms with Crippen LogP contribution in [-0.4, -0.2) is 56.1 Å². The maximum Gasteiger partial charge on any atom is 0.215 e. The lowest BCUT2D eigenvalue weighted by Gasteiger charge is -2.17. The van der Waals surface area contributed by atoms with Gasteiger partial charge in [-0.3, -0.25) is 5.41 Å². The molecule has 0 spiro atoms. The van der Waals surface area contributed by atoms with Crippen LogP contribution in [0.5, 0.6) is 0 Å². The fraction of sp³-hybridized carbons (Fsp3) is 0.462. The fourth-order valence-electron chi connectivity index (χ4n) is 2.64. The summed E-state index contributed by atoms with van der Waals surface area (Å²) in [5.41, 5.74) is 6.67. The highest BCUT2D eigenvalue weighted by Gasteiger charge is 2.42. The third kappa shape index (κ3) is 2.02. The van der Waals surface area contributed by atoms with Gasteiger partial charge in [0, 0.05) is 6.20 Å². The number of rotatable bonds is 2. The van der Waals surface area contributed by atoms with Crippen molar-refractivity contribution in [2.75, 3.05) is 12.8 Å². The Morgan fingerprint density at radius 3 is 2.73 bits per heavy atom. The van der Waals surface area contributed by atoms with E-state index in [0.29, 0.717) is 16.6 Å². The summed E-state index contributed by atoms with van der Waals surface area (Å²) < 4.78 is 12.1. The quantitative estimate of drug-likeness (QED) is 0.438. The first-order valence-corrected chi connectivity index (χ1v) is 6.71. The molecule has 5 N–H and O–H groups in total. The van der Waals surface area contributed by atoms with Crippen LogP contribution in [0.25, 0.3) is 11.0 Å². The van der Waals surface area contributed by atoms with Crippen molar-refractivity contribution >= 4 is 22.7 Å². The number of nitrogens with zero attached hydrogens (tertiary/aromatic N) is 3. The van der Waals surface area contributed by atoms with Gasteiger partial charge in [-0.1, -0.05) is 0 Å². The number of hydrogen-bond donors (Lipinski definition) is 4. The van der Waals surface area contributed by atoms with Gasteiger partial charge in [0.15, 0.2) is 6.23 Å². The van der Waals surface area contributed by atoms with Gasteiger partial charge in [0.1, 0.15) is 30.0 Å². The summed E-state index contributed by atoms with van der Waals surface area (Å²) >= 11 is 0. The van der Waals surface area contributed by atoms with E-state index in [1.165, 1.54) is 18.0 Å². The number of anilines is 1. The molecule has 3 heterocycles. The van der Waals surface area contributed by atoms with Crippen molar-refractivity contribution in [2.45, 2.75) is 31.5 Å². The average molecular weight is 307 g/mol. The van der Waals surface area contributed by atoms with Gasteiger partial charge in [-0.2, -0.15) is 0 Å². The van der Waals surface area contributed by atoms with Crippen molar-refractivity contribution < 1.29 is 19.7 Å². The van der Waals surface area contributed by atoms with E-state index in [9.17, 15) is 10.2 Å². The maximum absolute atomic E-state index is 10.2. The first kappa shape index (κ1) is 14.7. The third-order valence-corrected chi connectivity index (χ3v) is 3.84. The Kier molecular flexibility index (Phi) is 3.47. The number of nitrogens with one attached hydrogen (secondary N) is 1. The molecule has 2 aromatic rings. The van der Waals surface area contributed by atoms with Crippen molar-refractivity contribution in [2.24, 2.45) is 0 Å². The number of methoxy groups -OCH3 is 1. The van der Waals surface area contributed by atoms with Crippen LogP contribution >= 0.6 is 0 Å². The largest absolute Gasteiger partial charge is 0.481 e. The molecule has 0 aromatic carbocycles. The molecule has 1 fully saturated rings. The highest BCUT2D eigenvalue weighted by Crippen LogP contribution is 2.34. The van der Waals surface area contributed by atoms with Gasteiger partial charge in [0.05, 0.1) is 24.2 Å². The van der Waals surface area contributed by atoms with E-state index < -0.39 is 24.5 Å². The zero-order valence-electron chi connectivity index (χ0n) is 12.1. The molecule has 0 radical (unpaired) electrons. The Hall–Kier alpha value is -2.23. The van der Waals surface area contributed by atoms with Crippen LogP contribution in [0.3, 0.4) is 0 Å². The molecule has 1 aliphatic rings. The van der Waals surface area contributed by atoms with Crippen molar-refractivity contribution in [3.8, 4) is 0 Å². The van der Waals surface area contributed by atoms with Crippen molar-refractivity contribution in [3.05, 3.63) is 18.1 Å². The summed E-state index contributed by atoms with van der Waals surface area (Å²) in [6, 6.07) is 0. The van der Waals surface area contributed by atoms with Crippen LogP contribution in [0.1, 0.15) is 18.7 Å². The normalized spacial score (nSPS) is 28.2. The summed E-state index contributed by atoms with van der Waals surface area (Å²) in [5.74, 6) is 0.0907. The zero-order chi connectivity index (χ0) is 16.0. The number of aliphatic hydroxyl groups is 2. The van der Waals surface area contributed by atoms with E-state index in [2.05, 4.69) is 9.97 Å². The van der Waals surface area contributed by atoms with E-state index in [1.807, 2.05) is 0 Å². The van der Waals surface area contributed by atoms with Gasteiger partial charge < -0.3 is 30.0 Å². The number of nitrogen functional groups attached to an aromatic ring is 1. The molecule has 9 heteroatoms. The molecule has 0 aliphatic carbocycles. The first-order chi connectivity index (χ1) is 10.5. The Bertz CT molecular complexity index is 731.